The Morgan fingerprint density at radius 3 is 2.75 bits per heavy atom. The van der Waals surface area contributed by atoms with E-state index in [2.05, 4.69) is 0 Å². The number of carbonyl (C=O) groups excluding carboxylic acids is 2. The van der Waals surface area contributed by atoms with Crippen LogP contribution in [0.4, 0.5) is 0 Å². The van der Waals surface area contributed by atoms with Gasteiger partial charge in [-0.1, -0.05) is 6.92 Å². The number of amides is 1. The number of ketones is 1. The van der Waals surface area contributed by atoms with Crippen LogP contribution in [0.3, 0.4) is 0 Å². The summed E-state index contributed by atoms with van der Waals surface area (Å²) in [5, 5.41) is 0. The maximum absolute atomic E-state index is 11.2. The van der Waals surface area contributed by atoms with Crippen LogP contribution in [0.2, 0.25) is 0 Å². The minimum atomic E-state index is 0.0805. The van der Waals surface area contributed by atoms with Crippen LogP contribution in [0, 0.1) is 5.92 Å². The molecular formula is C9H15NO2. The largest absolute Gasteiger partial charge is 0.342 e. The molecule has 1 amide bonds. The molecule has 1 atom stereocenters. The molecule has 0 spiro atoms. The first kappa shape index (κ1) is 9.23. The number of likely N-dealkylation sites (tertiary alicyclic amines) is 1. The van der Waals surface area contributed by atoms with E-state index in [-0.39, 0.29) is 11.8 Å². The Morgan fingerprint density at radius 1 is 1.50 bits per heavy atom. The molecule has 0 aromatic carbocycles. The van der Waals surface area contributed by atoms with Gasteiger partial charge in [0.15, 0.2) is 0 Å². The molecule has 12 heavy (non-hydrogen) atoms. The minimum Gasteiger partial charge on any atom is -0.342 e. The number of rotatable bonds is 0. The molecule has 0 bridgehead atoms. The van der Waals surface area contributed by atoms with E-state index in [9.17, 15) is 9.59 Å². The average Bonchev–Trinajstić information content (AvgIpc) is 2.16. The van der Waals surface area contributed by atoms with Crippen molar-refractivity contribution in [2.24, 2.45) is 5.92 Å². The molecule has 0 radical (unpaired) electrons. The van der Waals surface area contributed by atoms with E-state index in [1.165, 1.54) is 0 Å². The first-order valence-corrected chi connectivity index (χ1v) is 4.39. The summed E-state index contributed by atoms with van der Waals surface area (Å²) in [5.41, 5.74) is 0. The van der Waals surface area contributed by atoms with Crippen LogP contribution in [0.15, 0.2) is 0 Å². The second-order valence-electron chi connectivity index (χ2n) is 3.41. The van der Waals surface area contributed by atoms with E-state index in [1.807, 2.05) is 6.92 Å². The fraction of sp³-hybridized carbons (Fsp3) is 0.778. The standard InChI is InChI=1S/C9H15NO2/c1-7-3-5-10(8(2)11)6-4-9(7)12/h7H,3-6H2,1-2H3. The highest BCUT2D eigenvalue weighted by molar-refractivity contribution is 5.82. The molecule has 0 N–H and O–H groups in total. The Hall–Kier alpha value is -0.860. The summed E-state index contributed by atoms with van der Waals surface area (Å²) in [6.07, 6.45) is 1.35. The zero-order valence-electron chi connectivity index (χ0n) is 7.67. The van der Waals surface area contributed by atoms with Gasteiger partial charge in [0.2, 0.25) is 5.91 Å². The van der Waals surface area contributed by atoms with Crippen LogP contribution in [-0.2, 0) is 9.59 Å². The summed E-state index contributed by atoms with van der Waals surface area (Å²) in [5.74, 6) is 0.505. The molecule has 1 aliphatic heterocycles. The first-order chi connectivity index (χ1) is 5.61. The molecule has 1 fully saturated rings. The highest BCUT2D eigenvalue weighted by Crippen LogP contribution is 2.13. The van der Waals surface area contributed by atoms with Crippen molar-refractivity contribution < 1.29 is 9.59 Å². The van der Waals surface area contributed by atoms with Gasteiger partial charge in [0.1, 0.15) is 5.78 Å². The average molecular weight is 169 g/mol. The monoisotopic (exact) mass is 169 g/mol. The van der Waals surface area contributed by atoms with Gasteiger partial charge in [0.05, 0.1) is 0 Å². The summed E-state index contributed by atoms with van der Waals surface area (Å²) in [7, 11) is 0. The molecule has 0 aliphatic carbocycles. The maximum Gasteiger partial charge on any atom is 0.219 e. The fourth-order valence-corrected chi connectivity index (χ4v) is 1.43. The molecule has 1 saturated heterocycles. The van der Waals surface area contributed by atoms with Gasteiger partial charge in [-0.25, -0.2) is 0 Å². The lowest BCUT2D eigenvalue weighted by molar-refractivity contribution is -0.128. The molecule has 3 nitrogen and oxygen atoms in total. The lowest BCUT2D eigenvalue weighted by Gasteiger charge is -2.17. The maximum atomic E-state index is 11.2. The topological polar surface area (TPSA) is 37.4 Å². The molecule has 68 valence electrons. The lowest BCUT2D eigenvalue weighted by atomic mass is 10.0. The van der Waals surface area contributed by atoms with Gasteiger partial charge in [-0.05, 0) is 6.42 Å². The van der Waals surface area contributed by atoms with Gasteiger partial charge in [-0.3, -0.25) is 9.59 Å². The highest BCUT2D eigenvalue weighted by Gasteiger charge is 2.21. The van der Waals surface area contributed by atoms with E-state index >= 15 is 0 Å². The summed E-state index contributed by atoms with van der Waals surface area (Å²) in [6.45, 7) is 4.84. The van der Waals surface area contributed by atoms with Crippen molar-refractivity contribution in [2.45, 2.75) is 26.7 Å². The Labute approximate surface area is 72.7 Å². The predicted molar refractivity (Wildman–Crippen MR) is 45.7 cm³/mol. The Bertz CT molecular complexity index is 201. The van der Waals surface area contributed by atoms with Crippen LogP contribution < -0.4 is 0 Å². The number of Topliss-reactive ketones (excluding diaryl/α,β-unsaturated/α-hetero) is 1. The van der Waals surface area contributed by atoms with Crippen LogP contribution in [0.1, 0.15) is 26.7 Å². The zero-order chi connectivity index (χ0) is 9.14. The zero-order valence-corrected chi connectivity index (χ0v) is 7.67. The second-order valence-corrected chi connectivity index (χ2v) is 3.41. The Morgan fingerprint density at radius 2 is 2.17 bits per heavy atom. The fourth-order valence-electron chi connectivity index (χ4n) is 1.43. The lowest BCUT2D eigenvalue weighted by Crippen LogP contribution is -2.29. The smallest absolute Gasteiger partial charge is 0.219 e. The molecular weight excluding hydrogens is 154 g/mol. The third-order valence-electron chi connectivity index (χ3n) is 2.46. The highest BCUT2D eigenvalue weighted by atomic mass is 16.2. The van der Waals surface area contributed by atoms with Crippen LogP contribution in [0.25, 0.3) is 0 Å². The van der Waals surface area contributed by atoms with Crippen molar-refractivity contribution >= 4 is 11.7 Å². The number of hydrogen-bond acceptors (Lipinski definition) is 2. The third-order valence-corrected chi connectivity index (χ3v) is 2.46. The van der Waals surface area contributed by atoms with Gasteiger partial charge in [-0.2, -0.15) is 0 Å². The molecule has 0 aromatic rings. The summed E-state index contributed by atoms with van der Waals surface area (Å²) in [6, 6.07) is 0. The van der Waals surface area contributed by atoms with E-state index < -0.39 is 0 Å². The van der Waals surface area contributed by atoms with Gasteiger partial charge in [0.25, 0.3) is 0 Å². The van der Waals surface area contributed by atoms with Gasteiger partial charge in [0, 0.05) is 32.4 Å². The Kier molecular flexibility index (Phi) is 2.84. The summed E-state index contributed by atoms with van der Waals surface area (Å²) in [4.78, 5) is 24.0. The minimum absolute atomic E-state index is 0.0805. The van der Waals surface area contributed by atoms with Crippen molar-refractivity contribution in [1.82, 2.24) is 4.90 Å². The number of hydrogen-bond donors (Lipinski definition) is 0. The van der Waals surface area contributed by atoms with Crippen molar-refractivity contribution in [3.05, 3.63) is 0 Å². The number of nitrogens with zero attached hydrogens (tertiary/aromatic N) is 1. The molecule has 1 rings (SSSR count). The van der Waals surface area contributed by atoms with Crippen molar-refractivity contribution in [1.29, 1.82) is 0 Å². The predicted octanol–water partition coefficient (Wildman–Crippen LogP) is 0.834. The van der Waals surface area contributed by atoms with Gasteiger partial charge < -0.3 is 4.90 Å². The second kappa shape index (κ2) is 3.70. The SMILES string of the molecule is CC(=O)N1CCC(=O)C(C)CC1. The van der Waals surface area contributed by atoms with Crippen LogP contribution in [0.5, 0.6) is 0 Å². The summed E-state index contributed by atoms with van der Waals surface area (Å²) < 4.78 is 0. The third kappa shape index (κ3) is 2.06. The summed E-state index contributed by atoms with van der Waals surface area (Å²) >= 11 is 0. The first-order valence-electron chi connectivity index (χ1n) is 4.39. The normalized spacial score (nSPS) is 25.3. The van der Waals surface area contributed by atoms with Crippen molar-refractivity contribution in [3.63, 3.8) is 0 Å². The van der Waals surface area contributed by atoms with Gasteiger partial charge >= 0.3 is 0 Å². The van der Waals surface area contributed by atoms with E-state index in [4.69, 9.17) is 0 Å². The quantitative estimate of drug-likeness (QED) is 0.538. The van der Waals surface area contributed by atoms with Gasteiger partial charge in [-0.15, -0.1) is 0 Å². The molecule has 3 heteroatoms. The number of carbonyl (C=O) groups is 2. The van der Waals surface area contributed by atoms with Crippen LogP contribution >= 0.6 is 0 Å². The van der Waals surface area contributed by atoms with Crippen LogP contribution in [-0.4, -0.2) is 29.7 Å². The van der Waals surface area contributed by atoms with Crippen molar-refractivity contribution in [3.8, 4) is 0 Å². The van der Waals surface area contributed by atoms with E-state index in [0.29, 0.717) is 18.7 Å². The van der Waals surface area contributed by atoms with E-state index in [0.717, 1.165) is 13.0 Å². The molecule has 1 aliphatic rings. The Balaban J connectivity index is 2.55. The molecule has 1 unspecified atom stereocenters. The molecule has 1 heterocycles. The van der Waals surface area contributed by atoms with Crippen molar-refractivity contribution in [2.75, 3.05) is 13.1 Å². The molecule has 0 aromatic heterocycles. The molecule has 0 saturated carbocycles. The van der Waals surface area contributed by atoms with E-state index in [1.54, 1.807) is 11.8 Å².